The van der Waals surface area contributed by atoms with Crippen LogP contribution in [0.15, 0.2) is 24.8 Å². The van der Waals surface area contributed by atoms with Crippen LogP contribution in [0, 0.1) is 5.26 Å². The van der Waals surface area contributed by atoms with Crippen molar-refractivity contribution >= 4 is 22.9 Å². The molecule has 5 nitrogen and oxygen atoms in total. The lowest BCUT2D eigenvalue weighted by Crippen LogP contribution is -2.06. The van der Waals surface area contributed by atoms with Crippen molar-refractivity contribution in [2.45, 2.75) is 12.7 Å². The zero-order valence-corrected chi connectivity index (χ0v) is 12.6. The molecule has 120 valence electrons. The predicted molar refractivity (Wildman–Crippen MR) is 74.4 cm³/mol. The zero-order chi connectivity index (χ0) is 16.6. The molecule has 3 rings (SSSR count). The molecule has 3 aromatic heterocycles. The molecule has 11 heteroatoms. The number of hydrogen-bond acceptors (Lipinski definition) is 5. The fourth-order valence-corrected chi connectivity index (χ4v) is 2.54. The van der Waals surface area contributed by atoms with Gasteiger partial charge in [-0.15, -0.1) is 0 Å². The summed E-state index contributed by atoms with van der Waals surface area (Å²) in [5.41, 5.74) is -1.09. The maximum absolute atomic E-state index is 13.1. The van der Waals surface area contributed by atoms with Gasteiger partial charge in [0.05, 0.1) is 22.6 Å². The summed E-state index contributed by atoms with van der Waals surface area (Å²) in [5, 5.41) is -0.453. The summed E-state index contributed by atoms with van der Waals surface area (Å²) in [6.07, 6.45) is -0.00816. The van der Waals surface area contributed by atoms with Gasteiger partial charge >= 0.3 is 6.18 Å². The third kappa shape index (κ3) is 3.48. The maximum atomic E-state index is 13.1. The Morgan fingerprint density at radius 2 is 1.83 bits per heavy atom. The van der Waals surface area contributed by atoms with Gasteiger partial charge in [-0.25, -0.2) is 19.9 Å². The van der Waals surface area contributed by atoms with Gasteiger partial charge in [-0.3, -0.25) is 0 Å². The van der Waals surface area contributed by atoms with Crippen LogP contribution in [0.1, 0.15) is 11.5 Å². The van der Waals surface area contributed by atoms with Crippen LogP contribution in [0.5, 0.6) is 0 Å². The first kappa shape index (κ1) is 15.8. The van der Waals surface area contributed by atoms with E-state index in [1.54, 1.807) is 0 Å². The van der Waals surface area contributed by atoms with Crippen molar-refractivity contribution in [3.63, 3.8) is 0 Å². The van der Waals surface area contributed by atoms with Crippen molar-refractivity contribution in [3.05, 3.63) is 46.6 Å². The SMILES string of the molecule is Fc1ncc(-c2nc(C(F)(F)F)cn2Cc2ncc(Cl)cn2)s1. The van der Waals surface area contributed by atoms with Crippen LogP contribution in [-0.4, -0.2) is 24.5 Å². The minimum Gasteiger partial charge on any atom is -0.322 e. The molecule has 0 bridgehead atoms. The fraction of sp³-hybridized carbons (Fsp3) is 0.167. The van der Waals surface area contributed by atoms with E-state index < -0.39 is 17.1 Å². The topological polar surface area (TPSA) is 56.5 Å². The van der Waals surface area contributed by atoms with Gasteiger partial charge in [0.15, 0.2) is 11.5 Å². The van der Waals surface area contributed by atoms with Crippen LogP contribution in [0.4, 0.5) is 17.6 Å². The van der Waals surface area contributed by atoms with Crippen LogP contribution in [0.2, 0.25) is 5.02 Å². The number of imidazole rings is 1. The number of hydrogen-bond donors (Lipinski definition) is 0. The second kappa shape index (κ2) is 5.85. The Labute approximate surface area is 135 Å². The number of halogens is 5. The second-order valence-corrected chi connectivity index (χ2v) is 5.79. The molecular formula is C12H6ClF4N5S. The molecule has 0 aliphatic rings. The van der Waals surface area contributed by atoms with Crippen molar-refractivity contribution < 1.29 is 17.6 Å². The molecule has 0 amide bonds. The van der Waals surface area contributed by atoms with E-state index in [4.69, 9.17) is 11.6 Å². The average molecular weight is 364 g/mol. The van der Waals surface area contributed by atoms with Crippen molar-refractivity contribution in [1.29, 1.82) is 0 Å². The van der Waals surface area contributed by atoms with E-state index in [0.717, 1.165) is 12.4 Å². The van der Waals surface area contributed by atoms with Gasteiger partial charge in [-0.2, -0.15) is 17.6 Å². The van der Waals surface area contributed by atoms with E-state index in [9.17, 15) is 17.6 Å². The lowest BCUT2D eigenvalue weighted by molar-refractivity contribution is -0.140. The first-order valence-electron chi connectivity index (χ1n) is 6.05. The molecule has 0 aliphatic heterocycles. The van der Waals surface area contributed by atoms with Crippen LogP contribution in [-0.2, 0) is 12.7 Å². The van der Waals surface area contributed by atoms with Gasteiger partial charge in [0.2, 0.25) is 0 Å². The summed E-state index contributed by atoms with van der Waals surface area (Å²) < 4.78 is 52.9. The van der Waals surface area contributed by atoms with Crippen LogP contribution >= 0.6 is 22.9 Å². The summed E-state index contributed by atoms with van der Waals surface area (Å²) >= 11 is 6.27. The molecule has 0 N–H and O–H groups in total. The monoisotopic (exact) mass is 363 g/mol. The Hall–Kier alpha value is -2.07. The molecule has 0 unspecified atom stereocenters. The van der Waals surface area contributed by atoms with E-state index >= 15 is 0 Å². The highest BCUT2D eigenvalue weighted by atomic mass is 35.5. The number of thiazole rings is 1. The first-order chi connectivity index (χ1) is 10.8. The molecule has 0 aliphatic carbocycles. The zero-order valence-electron chi connectivity index (χ0n) is 11.1. The molecule has 0 fully saturated rings. The Bertz CT molecular complexity index is 827. The van der Waals surface area contributed by atoms with Gasteiger partial charge in [0.25, 0.3) is 5.26 Å². The van der Waals surface area contributed by atoms with Crippen LogP contribution < -0.4 is 0 Å². The average Bonchev–Trinajstić information content (AvgIpc) is 3.07. The highest BCUT2D eigenvalue weighted by Crippen LogP contribution is 2.32. The predicted octanol–water partition coefficient (Wildman–Crippen LogP) is 3.66. The van der Waals surface area contributed by atoms with Gasteiger partial charge in [0, 0.05) is 18.6 Å². The summed E-state index contributed by atoms with van der Waals surface area (Å²) in [7, 11) is 0. The van der Waals surface area contributed by atoms with Gasteiger partial charge in [0.1, 0.15) is 5.82 Å². The number of rotatable bonds is 3. The molecular weight excluding hydrogens is 358 g/mol. The molecule has 3 aromatic rings. The standard InChI is InChI=1S/C12H6ClF4N5S/c13-6-1-18-9(19-2-6)5-22-4-8(12(15,16)17)21-10(22)7-3-20-11(14)23-7/h1-4H,5H2. The minimum atomic E-state index is -4.62. The van der Waals surface area contributed by atoms with Crippen molar-refractivity contribution in [3.8, 4) is 10.7 Å². The van der Waals surface area contributed by atoms with E-state index in [1.165, 1.54) is 17.0 Å². The van der Waals surface area contributed by atoms with Crippen molar-refractivity contribution in [1.82, 2.24) is 24.5 Å². The van der Waals surface area contributed by atoms with Crippen LogP contribution in [0.25, 0.3) is 10.7 Å². The molecule has 0 spiro atoms. The Morgan fingerprint density at radius 1 is 1.13 bits per heavy atom. The van der Waals surface area contributed by atoms with E-state index in [1.807, 2.05) is 0 Å². The maximum Gasteiger partial charge on any atom is 0.434 e. The molecule has 0 atom stereocenters. The van der Waals surface area contributed by atoms with E-state index in [-0.39, 0.29) is 23.1 Å². The molecule has 3 heterocycles. The summed E-state index contributed by atoms with van der Waals surface area (Å²) in [4.78, 5) is 15.0. The molecule has 23 heavy (non-hydrogen) atoms. The smallest absolute Gasteiger partial charge is 0.322 e. The van der Waals surface area contributed by atoms with E-state index in [2.05, 4.69) is 19.9 Å². The molecule has 0 aromatic carbocycles. The van der Waals surface area contributed by atoms with E-state index in [0.29, 0.717) is 16.4 Å². The van der Waals surface area contributed by atoms with Gasteiger partial charge in [-0.1, -0.05) is 22.9 Å². The number of aromatic nitrogens is 5. The molecule has 0 saturated carbocycles. The fourth-order valence-electron chi connectivity index (χ4n) is 1.80. The molecule has 0 radical (unpaired) electrons. The first-order valence-corrected chi connectivity index (χ1v) is 7.25. The third-order valence-corrected chi connectivity index (χ3v) is 3.73. The van der Waals surface area contributed by atoms with Crippen molar-refractivity contribution in [2.75, 3.05) is 0 Å². The largest absolute Gasteiger partial charge is 0.434 e. The lowest BCUT2D eigenvalue weighted by atomic mass is 10.4. The lowest BCUT2D eigenvalue weighted by Gasteiger charge is -2.04. The summed E-state index contributed by atoms with van der Waals surface area (Å²) in [6.45, 7) is -0.0743. The highest BCUT2D eigenvalue weighted by Gasteiger charge is 2.35. The quantitative estimate of drug-likeness (QED) is 0.666. The number of alkyl halides is 3. The second-order valence-electron chi connectivity index (χ2n) is 4.37. The number of nitrogens with zero attached hydrogens (tertiary/aromatic N) is 5. The normalized spacial score (nSPS) is 11.9. The minimum absolute atomic E-state index is 0.0581. The molecule has 0 saturated heterocycles. The Morgan fingerprint density at radius 3 is 2.39 bits per heavy atom. The summed E-state index contributed by atoms with van der Waals surface area (Å²) in [6, 6.07) is 0. The van der Waals surface area contributed by atoms with Gasteiger partial charge < -0.3 is 4.57 Å². The Balaban J connectivity index is 2.03. The highest BCUT2D eigenvalue weighted by molar-refractivity contribution is 7.13. The van der Waals surface area contributed by atoms with Crippen molar-refractivity contribution in [2.24, 2.45) is 0 Å². The van der Waals surface area contributed by atoms with Crippen LogP contribution in [0.3, 0.4) is 0 Å². The third-order valence-electron chi connectivity index (χ3n) is 2.75. The van der Waals surface area contributed by atoms with Gasteiger partial charge in [-0.05, 0) is 0 Å². The summed E-state index contributed by atoms with van der Waals surface area (Å²) in [5.74, 6) is 0.184. The Kier molecular flexibility index (Phi) is 4.02.